The minimum Gasteiger partial charge on any atom is -0.507 e. The maximum absolute atomic E-state index is 12.7. The second kappa shape index (κ2) is 5.23. The Morgan fingerprint density at radius 3 is 2.52 bits per heavy atom. The molecule has 0 aliphatic rings. The monoisotopic (exact) mass is 329 g/mol. The van der Waals surface area contributed by atoms with Crippen molar-refractivity contribution in [3.8, 4) is 5.75 Å². The summed E-state index contributed by atoms with van der Waals surface area (Å²) in [6.45, 7) is 3.19. The van der Waals surface area contributed by atoms with Gasteiger partial charge in [0.2, 0.25) is 0 Å². The first-order valence-electron chi connectivity index (χ1n) is 6.12. The van der Waals surface area contributed by atoms with Gasteiger partial charge in [-0.3, -0.25) is 8.99 Å². The molecule has 1 aromatic carbocycles. The summed E-state index contributed by atoms with van der Waals surface area (Å²) in [4.78, 5) is -0.0985. The van der Waals surface area contributed by atoms with Gasteiger partial charge in [0, 0.05) is 25.9 Å². The van der Waals surface area contributed by atoms with E-state index in [-0.39, 0.29) is 21.2 Å². The molecule has 0 amide bonds. The van der Waals surface area contributed by atoms with E-state index in [9.17, 15) is 13.5 Å². The second-order valence-electron chi connectivity index (χ2n) is 4.82. The van der Waals surface area contributed by atoms with Gasteiger partial charge in [-0.25, -0.2) is 8.42 Å². The van der Waals surface area contributed by atoms with Gasteiger partial charge in [-0.15, -0.1) is 0 Å². The first-order chi connectivity index (χ1) is 9.66. The largest absolute Gasteiger partial charge is 0.507 e. The highest BCUT2D eigenvalue weighted by atomic mass is 35.5. The molecule has 114 valence electrons. The van der Waals surface area contributed by atoms with Crippen LogP contribution in [-0.4, -0.2) is 30.4 Å². The fourth-order valence-electron chi connectivity index (χ4n) is 2.07. The number of hydrogen-bond donors (Lipinski definition) is 1. The summed E-state index contributed by atoms with van der Waals surface area (Å²) in [6, 6.07) is 1.44. The fourth-order valence-corrected chi connectivity index (χ4v) is 4.10. The zero-order valence-electron chi connectivity index (χ0n) is 12.1. The fraction of sp³-hybridized carbons (Fsp3) is 0.308. The molecule has 0 unspecified atom stereocenters. The average molecular weight is 330 g/mol. The summed E-state index contributed by atoms with van der Waals surface area (Å²) in [5, 5.41) is 14.0. The molecular formula is C13H16ClN3O3S. The molecule has 0 saturated carbocycles. The lowest BCUT2D eigenvalue weighted by Crippen LogP contribution is -2.27. The quantitative estimate of drug-likeness (QED) is 0.936. The van der Waals surface area contributed by atoms with Gasteiger partial charge in [-0.05, 0) is 25.5 Å². The summed E-state index contributed by atoms with van der Waals surface area (Å²) >= 11 is 6.09. The van der Waals surface area contributed by atoms with Crippen LogP contribution in [0.15, 0.2) is 23.4 Å². The molecule has 8 heteroatoms. The molecule has 1 N–H and O–H groups in total. The van der Waals surface area contributed by atoms with Crippen LogP contribution in [0.1, 0.15) is 11.1 Å². The van der Waals surface area contributed by atoms with E-state index in [0.29, 0.717) is 11.3 Å². The highest BCUT2D eigenvalue weighted by Crippen LogP contribution is 2.36. The van der Waals surface area contributed by atoms with Crippen molar-refractivity contribution in [1.82, 2.24) is 9.78 Å². The number of phenols is 1. The Hall–Kier alpha value is -1.73. The minimum atomic E-state index is -3.89. The number of nitrogens with zero attached hydrogens (tertiary/aromatic N) is 3. The smallest absolute Gasteiger partial charge is 0.266 e. The van der Waals surface area contributed by atoms with Crippen LogP contribution in [0.3, 0.4) is 0 Å². The summed E-state index contributed by atoms with van der Waals surface area (Å²) in [5.41, 5.74) is 1.17. The van der Waals surface area contributed by atoms with E-state index >= 15 is 0 Å². The first-order valence-corrected chi connectivity index (χ1v) is 7.94. The lowest BCUT2D eigenvalue weighted by Gasteiger charge is -2.20. The van der Waals surface area contributed by atoms with Gasteiger partial charge in [0.25, 0.3) is 10.0 Å². The maximum Gasteiger partial charge on any atom is 0.266 e. The Morgan fingerprint density at radius 1 is 1.38 bits per heavy atom. The number of aromatic nitrogens is 2. The molecule has 0 aliphatic carbocycles. The molecule has 0 bridgehead atoms. The van der Waals surface area contributed by atoms with Crippen LogP contribution in [0.4, 0.5) is 5.69 Å². The van der Waals surface area contributed by atoms with E-state index in [1.165, 1.54) is 30.9 Å². The van der Waals surface area contributed by atoms with Crippen LogP contribution < -0.4 is 4.31 Å². The molecule has 21 heavy (non-hydrogen) atoms. The Kier molecular flexibility index (Phi) is 3.90. The Morgan fingerprint density at radius 2 is 2.00 bits per heavy atom. The molecule has 6 nitrogen and oxygen atoms in total. The number of hydrogen-bond acceptors (Lipinski definition) is 4. The normalized spacial score (nSPS) is 11.7. The maximum atomic E-state index is 12.7. The van der Waals surface area contributed by atoms with Crippen LogP contribution in [0.5, 0.6) is 5.75 Å². The van der Waals surface area contributed by atoms with Crippen molar-refractivity contribution < 1.29 is 13.5 Å². The average Bonchev–Trinajstić information content (AvgIpc) is 2.81. The number of anilines is 1. The van der Waals surface area contributed by atoms with Crippen LogP contribution in [0.25, 0.3) is 0 Å². The molecule has 0 spiro atoms. The van der Waals surface area contributed by atoms with Crippen molar-refractivity contribution in [2.45, 2.75) is 18.7 Å². The van der Waals surface area contributed by atoms with Gasteiger partial charge in [-0.2, -0.15) is 5.10 Å². The molecule has 0 aliphatic heterocycles. The molecule has 0 atom stereocenters. The number of rotatable bonds is 3. The van der Waals surface area contributed by atoms with Gasteiger partial charge in [0.05, 0.1) is 16.9 Å². The number of aromatic hydroxyl groups is 1. The minimum absolute atomic E-state index is 0.0717. The zero-order valence-corrected chi connectivity index (χ0v) is 13.7. The van der Waals surface area contributed by atoms with E-state index in [1.807, 2.05) is 0 Å². The van der Waals surface area contributed by atoms with E-state index in [4.69, 9.17) is 11.6 Å². The Bertz CT molecular complexity index is 799. The van der Waals surface area contributed by atoms with E-state index in [0.717, 1.165) is 4.31 Å². The van der Waals surface area contributed by atoms with Crippen molar-refractivity contribution in [3.05, 3.63) is 34.6 Å². The highest BCUT2D eigenvalue weighted by Gasteiger charge is 2.28. The summed E-state index contributed by atoms with van der Waals surface area (Å²) in [6.07, 6.45) is 3.02. The zero-order chi connectivity index (χ0) is 15.9. The van der Waals surface area contributed by atoms with Crippen molar-refractivity contribution in [1.29, 1.82) is 0 Å². The van der Waals surface area contributed by atoms with Crippen LogP contribution in [-0.2, 0) is 17.1 Å². The molecule has 0 saturated heterocycles. The van der Waals surface area contributed by atoms with Gasteiger partial charge in [-0.1, -0.05) is 11.6 Å². The SMILES string of the molecule is Cc1cc(Cl)c(S(=O)(=O)N(C)c2cnn(C)c2)c(C)c1O. The second-order valence-corrected chi connectivity index (χ2v) is 7.14. The Balaban J connectivity index is 2.62. The number of phenolic OH excluding ortho intramolecular Hbond substituents is 1. The number of sulfonamides is 1. The van der Waals surface area contributed by atoms with Crippen LogP contribution in [0, 0.1) is 13.8 Å². The van der Waals surface area contributed by atoms with E-state index in [2.05, 4.69) is 5.10 Å². The number of benzene rings is 1. The third kappa shape index (κ3) is 2.58. The van der Waals surface area contributed by atoms with Crippen molar-refractivity contribution in [2.24, 2.45) is 7.05 Å². The van der Waals surface area contributed by atoms with Crippen LogP contribution in [0.2, 0.25) is 5.02 Å². The molecule has 2 rings (SSSR count). The highest BCUT2D eigenvalue weighted by molar-refractivity contribution is 7.93. The molecule has 2 aromatic rings. The first kappa shape index (κ1) is 15.7. The summed E-state index contributed by atoms with van der Waals surface area (Å²) in [7, 11) is -0.781. The molecule has 0 fully saturated rings. The lowest BCUT2D eigenvalue weighted by atomic mass is 10.1. The van der Waals surface area contributed by atoms with Gasteiger partial charge >= 0.3 is 0 Å². The lowest BCUT2D eigenvalue weighted by molar-refractivity contribution is 0.464. The van der Waals surface area contributed by atoms with Crippen molar-refractivity contribution in [3.63, 3.8) is 0 Å². The molecule has 1 aromatic heterocycles. The summed E-state index contributed by atoms with van der Waals surface area (Å²) < 4.78 is 28.1. The van der Waals surface area contributed by atoms with Crippen molar-refractivity contribution in [2.75, 3.05) is 11.4 Å². The van der Waals surface area contributed by atoms with Gasteiger partial charge in [0.1, 0.15) is 10.6 Å². The third-order valence-electron chi connectivity index (χ3n) is 3.30. The van der Waals surface area contributed by atoms with Crippen molar-refractivity contribution >= 4 is 27.3 Å². The van der Waals surface area contributed by atoms with E-state index < -0.39 is 10.0 Å². The number of aryl methyl sites for hydroxylation is 2. The molecular weight excluding hydrogens is 314 g/mol. The Labute approximate surface area is 128 Å². The van der Waals surface area contributed by atoms with Gasteiger partial charge in [0.15, 0.2) is 0 Å². The third-order valence-corrected chi connectivity index (χ3v) is 5.69. The van der Waals surface area contributed by atoms with Gasteiger partial charge < -0.3 is 5.11 Å². The predicted molar refractivity (Wildman–Crippen MR) is 81.4 cm³/mol. The van der Waals surface area contributed by atoms with E-state index in [1.54, 1.807) is 20.2 Å². The number of halogens is 1. The summed E-state index contributed by atoms with van der Waals surface area (Å²) in [5.74, 6) is -0.0717. The molecule has 0 radical (unpaired) electrons. The van der Waals surface area contributed by atoms with Crippen LogP contribution >= 0.6 is 11.6 Å². The molecule has 1 heterocycles. The standard InChI is InChI=1S/C13H16ClN3O3S/c1-8-5-11(14)13(9(2)12(8)18)21(19,20)17(4)10-6-15-16(3)7-10/h5-7,18H,1-4H3. The predicted octanol–water partition coefficient (Wildman–Crippen LogP) is 2.22. The topological polar surface area (TPSA) is 75.4 Å².